The third-order valence-electron chi connectivity index (χ3n) is 4.55. The molecule has 1 N–H and O–H groups in total. The first-order valence-electron chi connectivity index (χ1n) is 8.70. The Morgan fingerprint density at radius 2 is 1.83 bits per heavy atom. The van der Waals surface area contributed by atoms with Crippen molar-refractivity contribution in [2.45, 2.75) is 6.92 Å². The highest BCUT2D eigenvalue weighted by Gasteiger charge is 2.40. The van der Waals surface area contributed by atoms with Crippen LogP contribution in [0.1, 0.15) is 16.0 Å². The minimum Gasteiger partial charge on any atom is -0.350 e. The van der Waals surface area contributed by atoms with Crippen molar-refractivity contribution < 1.29 is 9.59 Å². The lowest BCUT2D eigenvalue weighted by atomic mass is 10.1. The van der Waals surface area contributed by atoms with E-state index in [1.807, 2.05) is 36.6 Å². The minimum absolute atomic E-state index is 0.196. The van der Waals surface area contributed by atoms with E-state index in [0.717, 1.165) is 10.5 Å². The van der Waals surface area contributed by atoms with Gasteiger partial charge in [-0.05, 0) is 60.3 Å². The lowest BCUT2D eigenvalue weighted by Crippen LogP contribution is -2.32. The van der Waals surface area contributed by atoms with Crippen LogP contribution in [0.5, 0.6) is 0 Å². The molecule has 0 radical (unpaired) electrons. The summed E-state index contributed by atoms with van der Waals surface area (Å²) in [7, 11) is 0. The molecule has 0 aliphatic carbocycles. The number of amides is 2. The average molecular weight is 420 g/mol. The van der Waals surface area contributed by atoms with Gasteiger partial charge in [-0.3, -0.25) is 9.59 Å². The number of nitrogens with one attached hydrogen (secondary N) is 1. The predicted octanol–water partition coefficient (Wildman–Crippen LogP) is 4.98. The van der Waals surface area contributed by atoms with Crippen LogP contribution in [-0.4, -0.2) is 11.8 Å². The van der Waals surface area contributed by atoms with Gasteiger partial charge in [-0.25, -0.2) is 4.90 Å². The molecule has 2 aromatic carbocycles. The van der Waals surface area contributed by atoms with Crippen molar-refractivity contribution in [2.24, 2.45) is 0 Å². The lowest BCUT2D eigenvalue weighted by Gasteiger charge is -2.15. The second-order valence-corrected chi connectivity index (χ2v) is 7.78. The van der Waals surface area contributed by atoms with Crippen LogP contribution in [0.25, 0.3) is 5.57 Å². The largest absolute Gasteiger partial charge is 0.350 e. The summed E-state index contributed by atoms with van der Waals surface area (Å²) in [6.07, 6.45) is 0. The molecule has 2 heterocycles. The molecule has 0 unspecified atom stereocenters. The summed E-state index contributed by atoms with van der Waals surface area (Å²) in [6, 6.07) is 17.4. The van der Waals surface area contributed by atoms with Crippen molar-refractivity contribution in [3.63, 3.8) is 0 Å². The number of carbonyl (C=O) groups excluding carboxylic acids is 2. The van der Waals surface area contributed by atoms with Crippen molar-refractivity contribution >= 4 is 51.7 Å². The molecule has 4 rings (SSSR count). The van der Waals surface area contributed by atoms with Gasteiger partial charge in [0.15, 0.2) is 0 Å². The standard InChI is InChI=1S/C22H14ClN3O2S/c1-13-4-7-15(11-17(13)23)25-20-19(18-3-2-10-29-18)21(27)26(22(20)28)16-8-5-14(12-24)6-9-16/h2-11,25H,1H3. The number of nitrogens with zero attached hydrogens (tertiary/aromatic N) is 2. The first-order valence-corrected chi connectivity index (χ1v) is 9.95. The molecule has 0 atom stereocenters. The fraction of sp³-hybridized carbons (Fsp3) is 0.0455. The zero-order valence-corrected chi connectivity index (χ0v) is 16.8. The molecule has 0 saturated heterocycles. The van der Waals surface area contributed by atoms with Gasteiger partial charge in [-0.1, -0.05) is 23.7 Å². The second kappa shape index (κ2) is 7.55. The molecule has 3 aromatic rings. The highest BCUT2D eigenvalue weighted by Crippen LogP contribution is 2.36. The van der Waals surface area contributed by atoms with Gasteiger partial charge in [0.2, 0.25) is 0 Å². The molecule has 7 heteroatoms. The summed E-state index contributed by atoms with van der Waals surface area (Å²) >= 11 is 7.59. The number of anilines is 2. The second-order valence-electron chi connectivity index (χ2n) is 6.42. The van der Waals surface area contributed by atoms with Crippen LogP contribution < -0.4 is 10.2 Å². The zero-order valence-electron chi connectivity index (χ0n) is 15.3. The van der Waals surface area contributed by atoms with E-state index in [1.54, 1.807) is 36.4 Å². The molecule has 0 saturated carbocycles. The Labute approximate surface area is 176 Å². The van der Waals surface area contributed by atoms with Crippen molar-refractivity contribution in [3.05, 3.63) is 86.7 Å². The Bertz CT molecular complexity index is 1190. The number of thiophene rings is 1. The number of rotatable bonds is 4. The van der Waals surface area contributed by atoms with Gasteiger partial charge < -0.3 is 5.32 Å². The number of hydrogen-bond donors (Lipinski definition) is 1. The molecule has 0 bridgehead atoms. The molecule has 142 valence electrons. The van der Waals surface area contributed by atoms with E-state index in [2.05, 4.69) is 5.32 Å². The van der Waals surface area contributed by atoms with Crippen LogP contribution in [0, 0.1) is 18.3 Å². The quantitative estimate of drug-likeness (QED) is 0.605. The van der Waals surface area contributed by atoms with Crippen molar-refractivity contribution in [1.82, 2.24) is 0 Å². The van der Waals surface area contributed by atoms with Crippen molar-refractivity contribution in [1.29, 1.82) is 5.26 Å². The molecule has 29 heavy (non-hydrogen) atoms. The molecular formula is C22H14ClN3O2S. The molecular weight excluding hydrogens is 406 g/mol. The highest BCUT2D eigenvalue weighted by atomic mass is 35.5. The zero-order chi connectivity index (χ0) is 20.5. The van der Waals surface area contributed by atoms with Gasteiger partial charge in [0.05, 0.1) is 22.9 Å². The van der Waals surface area contributed by atoms with Gasteiger partial charge in [-0.2, -0.15) is 5.26 Å². The highest BCUT2D eigenvalue weighted by molar-refractivity contribution is 7.11. The summed E-state index contributed by atoms with van der Waals surface area (Å²) in [6.45, 7) is 1.89. The number of imide groups is 1. The van der Waals surface area contributed by atoms with Gasteiger partial charge in [0.25, 0.3) is 11.8 Å². The number of benzene rings is 2. The average Bonchev–Trinajstić information content (AvgIpc) is 3.32. The molecule has 5 nitrogen and oxygen atoms in total. The Hall–Kier alpha value is -3.40. The molecule has 1 aliphatic rings. The third kappa shape index (κ3) is 3.42. The summed E-state index contributed by atoms with van der Waals surface area (Å²) in [4.78, 5) is 28.3. The SMILES string of the molecule is Cc1ccc(NC2=C(c3cccs3)C(=O)N(c3ccc(C#N)cc3)C2=O)cc1Cl. The van der Waals surface area contributed by atoms with E-state index in [9.17, 15) is 9.59 Å². The maximum atomic E-state index is 13.2. The van der Waals surface area contributed by atoms with Gasteiger partial charge in [-0.15, -0.1) is 11.3 Å². The van der Waals surface area contributed by atoms with E-state index in [0.29, 0.717) is 32.4 Å². The monoisotopic (exact) mass is 419 g/mol. The van der Waals surface area contributed by atoms with E-state index in [-0.39, 0.29) is 5.70 Å². The Morgan fingerprint density at radius 3 is 2.45 bits per heavy atom. The Kier molecular flexibility index (Phi) is 4.93. The van der Waals surface area contributed by atoms with Crippen molar-refractivity contribution in [2.75, 3.05) is 10.2 Å². The minimum atomic E-state index is -0.459. The number of aryl methyl sites for hydroxylation is 1. The van der Waals surface area contributed by atoms with E-state index in [1.165, 1.54) is 11.3 Å². The fourth-order valence-electron chi connectivity index (χ4n) is 3.03. The maximum Gasteiger partial charge on any atom is 0.282 e. The van der Waals surface area contributed by atoms with Gasteiger partial charge >= 0.3 is 0 Å². The van der Waals surface area contributed by atoms with Crippen LogP contribution in [0.2, 0.25) is 5.02 Å². The number of carbonyl (C=O) groups is 2. The molecule has 1 aromatic heterocycles. The summed E-state index contributed by atoms with van der Waals surface area (Å²) in [5, 5.41) is 14.5. The summed E-state index contributed by atoms with van der Waals surface area (Å²) in [5.41, 5.74) is 2.90. The maximum absolute atomic E-state index is 13.2. The van der Waals surface area contributed by atoms with E-state index >= 15 is 0 Å². The van der Waals surface area contributed by atoms with Crippen LogP contribution in [0.3, 0.4) is 0 Å². The number of nitriles is 1. The summed E-state index contributed by atoms with van der Waals surface area (Å²) < 4.78 is 0. The third-order valence-corrected chi connectivity index (χ3v) is 5.84. The van der Waals surface area contributed by atoms with Crippen molar-refractivity contribution in [3.8, 4) is 6.07 Å². The smallest absolute Gasteiger partial charge is 0.282 e. The fourth-order valence-corrected chi connectivity index (χ4v) is 3.98. The van der Waals surface area contributed by atoms with E-state index < -0.39 is 11.8 Å². The van der Waals surface area contributed by atoms with Gasteiger partial charge in [0.1, 0.15) is 5.70 Å². The predicted molar refractivity (Wildman–Crippen MR) is 115 cm³/mol. The summed E-state index contributed by atoms with van der Waals surface area (Å²) in [5.74, 6) is -0.873. The molecule has 2 amide bonds. The van der Waals surface area contributed by atoms with Crippen LogP contribution in [0.15, 0.2) is 65.7 Å². The Morgan fingerprint density at radius 1 is 1.07 bits per heavy atom. The van der Waals surface area contributed by atoms with Crippen LogP contribution in [-0.2, 0) is 9.59 Å². The molecule has 0 spiro atoms. The number of hydrogen-bond acceptors (Lipinski definition) is 5. The topological polar surface area (TPSA) is 73.2 Å². The van der Waals surface area contributed by atoms with Crippen LogP contribution >= 0.6 is 22.9 Å². The number of halogens is 1. The molecule has 1 aliphatic heterocycles. The normalized spacial score (nSPS) is 13.8. The van der Waals surface area contributed by atoms with Gasteiger partial charge in [0, 0.05) is 15.6 Å². The van der Waals surface area contributed by atoms with Crippen LogP contribution in [0.4, 0.5) is 11.4 Å². The molecule has 0 fully saturated rings. The lowest BCUT2D eigenvalue weighted by molar-refractivity contribution is -0.120. The first kappa shape index (κ1) is 18.9. The Balaban J connectivity index is 1.78. The first-order chi connectivity index (χ1) is 14.0. The van der Waals surface area contributed by atoms with E-state index in [4.69, 9.17) is 16.9 Å².